The first-order chi connectivity index (χ1) is 7.79. The predicted octanol–water partition coefficient (Wildman–Crippen LogP) is 1.21. The Kier molecular flexibility index (Phi) is 2.88. The van der Waals surface area contributed by atoms with Gasteiger partial charge in [0.15, 0.2) is 0 Å². The van der Waals surface area contributed by atoms with Gasteiger partial charge in [-0.1, -0.05) is 25.1 Å². The average Bonchev–Trinajstić information content (AvgIpc) is 2.56. The molecule has 0 fully saturated rings. The standard InChI is InChI=1S/C12H13N3O/c1-2-14-11-9-5-3-4-6-10(9)15(8-7-13)12(11)16/h3-6,11,14H,2,8H2,1H3. The summed E-state index contributed by atoms with van der Waals surface area (Å²) in [5, 5.41) is 11.9. The lowest BCUT2D eigenvalue weighted by atomic mass is 10.1. The topological polar surface area (TPSA) is 56.1 Å². The van der Waals surface area contributed by atoms with E-state index < -0.39 is 0 Å². The van der Waals surface area contributed by atoms with Crippen LogP contribution < -0.4 is 10.2 Å². The van der Waals surface area contributed by atoms with Crippen LogP contribution in [0.5, 0.6) is 0 Å². The summed E-state index contributed by atoms with van der Waals surface area (Å²) in [5.41, 5.74) is 1.81. The maximum atomic E-state index is 12.1. The summed E-state index contributed by atoms with van der Waals surface area (Å²) < 4.78 is 0. The molecule has 0 aromatic heterocycles. The second kappa shape index (κ2) is 4.33. The molecule has 0 bridgehead atoms. The minimum absolute atomic E-state index is 0.0374. The van der Waals surface area contributed by atoms with Crippen molar-refractivity contribution in [3.63, 3.8) is 0 Å². The molecular weight excluding hydrogens is 202 g/mol. The van der Waals surface area contributed by atoms with E-state index in [0.717, 1.165) is 17.8 Å². The van der Waals surface area contributed by atoms with Gasteiger partial charge in [-0.25, -0.2) is 0 Å². The minimum Gasteiger partial charge on any atom is -0.302 e. The van der Waals surface area contributed by atoms with Gasteiger partial charge in [-0.2, -0.15) is 5.26 Å². The van der Waals surface area contributed by atoms with Crippen molar-refractivity contribution in [3.05, 3.63) is 29.8 Å². The van der Waals surface area contributed by atoms with Crippen LogP contribution in [0.25, 0.3) is 0 Å². The molecule has 0 radical (unpaired) electrons. The quantitative estimate of drug-likeness (QED) is 0.771. The first-order valence-corrected chi connectivity index (χ1v) is 5.30. The van der Waals surface area contributed by atoms with Crippen LogP contribution in [0.4, 0.5) is 5.69 Å². The van der Waals surface area contributed by atoms with Crippen LogP contribution in [0.3, 0.4) is 0 Å². The summed E-state index contributed by atoms with van der Waals surface area (Å²) in [4.78, 5) is 13.6. The number of fused-ring (bicyclic) bond motifs is 1. The molecule has 1 atom stereocenters. The number of hydrogen-bond acceptors (Lipinski definition) is 3. The molecule has 1 amide bonds. The van der Waals surface area contributed by atoms with Crippen LogP contribution in [-0.2, 0) is 4.79 Å². The molecule has 1 N–H and O–H groups in total. The number of benzene rings is 1. The molecule has 2 rings (SSSR count). The van der Waals surface area contributed by atoms with Crippen molar-refractivity contribution in [2.75, 3.05) is 18.0 Å². The van der Waals surface area contributed by atoms with Gasteiger partial charge < -0.3 is 5.32 Å². The Morgan fingerprint density at radius 3 is 2.94 bits per heavy atom. The first kappa shape index (κ1) is 10.7. The number of rotatable bonds is 3. The van der Waals surface area contributed by atoms with Crippen molar-refractivity contribution in [2.24, 2.45) is 0 Å². The van der Waals surface area contributed by atoms with E-state index in [-0.39, 0.29) is 18.5 Å². The van der Waals surface area contributed by atoms with Crippen molar-refractivity contribution < 1.29 is 4.79 Å². The zero-order valence-electron chi connectivity index (χ0n) is 9.10. The molecule has 1 aromatic carbocycles. The minimum atomic E-state index is -0.297. The molecule has 16 heavy (non-hydrogen) atoms. The lowest BCUT2D eigenvalue weighted by Gasteiger charge is -2.13. The van der Waals surface area contributed by atoms with Gasteiger partial charge in [0.2, 0.25) is 5.91 Å². The third-order valence-electron chi connectivity index (χ3n) is 2.69. The van der Waals surface area contributed by atoms with Gasteiger partial charge in [0.1, 0.15) is 12.6 Å². The molecule has 1 unspecified atom stereocenters. The molecule has 4 nitrogen and oxygen atoms in total. The van der Waals surface area contributed by atoms with Crippen LogP contribution in [-0.4, -0.2) is 19.0 Å². The Morgan fingerprint density at radius 2 is 2.25 bits per heavy atom. The van der Waals surface area contributed by atoms with E-state index in [9.17, 15) is 4.79 Å². The monoisotopic (exact) mass is 215 g/mol. The van der Waals surface area contributed by atoms with Crippen LogP contribution in [0, 0.1) is 11.3 Å². The van der Waals surface area contributed by atoms with Crippen LogP contribution >= 0.6 is 0 Å². The Morgan fingerprint density at radius 1 is 1.50 bits per heavy atom. The predicted molar refractivity (Wildman–Crippen MR) is 60.8 cm³/mol. The van der Waals surface area contributed by atoms with Gasteiger partial charge in [-0.05, 0) is 12.6 Å². The summed E-state index contributed by atoms with van der Waals surface area (Å²) >= 11 is 0. The molecule has 1 aliphatic rings. The maximum absolute atomic E-state index is 12.1. The Bertz CT molecular complexity index is 450. The SMILES string of the molecule is CCNC1C(=O)N(CC#N)c2ccccc21. The molecule has 0 spiro atoms. The Balaban J connectivity index is 2.41. The van der Waals surface area contributed by atoms with E-state index in [1.807, 2.05) is 37.3 Å². The van der Waals surface area contributed by atoms with E-state index in [2.05, 4.69) is 5.32 Å². The highest BCUT2D eigenvalue weighted by atomic mass is 16.2. The fourth-order valence-corrected chi connectivity index (χ4v) is 2.02. The number of nitrogens with zero attached hydrogens (tertiary/aromatic N) is 2. The second-order valence-corrected chi connectivity index (χ2v) is 3.63. The van der Waals surface area contributed by atoms with Crippen LogP contribution in [0.2, 0.25) is 0 Å². The van der Waals surface area contributed by atoms with Crippen molar-refractivity contribution >= 4 is 11.6 Å². The van der Waals surface area contributed by atoms with Gasteiger partial charge in [0.25, 0.3) is 0 Å². The summed E-state index contributed by atoms with van der Waals surface area (Å²) in [6, 6.07) is 9.32. The van der Waals surface area contributed by atoms with Gasteiger partial charge in [0, 0.05) is 5.56 Å². The Labute approximate surface area is 94.5 Å². The Hall–Kier alpha value is -1.86. The fraction of sp³-hybridized carbons (Fsp3) is 0.333. The molecule has 0 saturated heterocycles. The third-order valence-corrected chi connectivity index (χ3v) is 2.69. The zero-order chi connectivity index (χ0) is 11.5. The number of para-hydroxylation sites is 1. The number of nitriles is 1. The van der Waals surface area contributed by atoms with Gasteiger partial charge in [0.05, 0.1) is 11.8 Å². The average molecular weight is 215 g/mol. The highest BCUT2D eigenvalue weighted by molar-refractivity contribution is 6.04. The molecule has 1 aliphatic heterocycles. The summed E-state index contributed by atoms with van der Waals surface area (Å²) in [6.45, 7) is 2.80. The zero-order valence-corrected chi connectivity index (χ0v) is 9.10. The lowest BCUT2D eigenvalue weighted by Crippen LogP contribution is -2.34. The first-order valence-electron chi connectivity index (χ1n) is 5.30. The summed E-state index contributed by atoms with van der Waals surface area (Å²) in [7, 11) is 0. The normalized spacial score (nSPS) is 18.4. The molecular formula is C12H13N3O. The summed E-state index contributed by atoms with van der Waals surface area (Å²) in [6.07, 6.45) is 0. The number of amides is 1. The van der Waals surface area contributed by atoms with Crippen molar-refractivity contribution in [2.45, 2.75) is 13.0 Å². The molecule has 1 aromatic rings. The number of likely N-dealkylation sites (N-methyl/N-ethyl adjacent to an activating group) is 1. The van der Waals surface area contributed by atoms with Crippen molar-refractivity contribution in [1.82, 2.24) is 5.32 Å². The van der Waals surface area contributed by atoms with Gasteiger partial charge in [-0.15, -0.1) is 0 Å². The van der Waals surface area contributed by atoms with E-state index in [0.29, 0.717) is 0 Å². The molecule has 0 aliphatic carbocycles. The third kappa shape index (κ3) is 1.55. The maximum Gasteiger partial charge on any atom is 0.249 e. The van der Waals surface area contributed by atoms with E-state index in [1.54, 1.807) is 0 Å². The van der Waals surface area contributed by atoms with E-state index in [1.165, 1.54) is 4.90 Å². The highest BCUT2D eigenvalue weighted by Crippen LogP contribution is 2.35. The van der Waals surface area contributed by atoms with Crippen LogP contribution in [0.1, 0.15) is 18.5 Å². The molecule has 4 heteroatoms. The lowest BCUT2D eigenvalue weighted by molar-refractivity contribution is -0.119. The molecule has 1 heterocycles. The molecule has 82 valence electrons. The van der Waals surface area contributed by atoms with Crippen LogP contribution in [0.15, 0.2) is 24.3 Å². The van der Waals surface area contributed by atoms with Gasteiger partial charge in [-0.3, -0.25) is 9.69 Å². The largest absolute Gasteiger partial charge is 0.302 e. The number of carbonyl (C=O) groups is 1. The van der Waals surface area contributed by atoms with Crippen molar-refractivity contribution in [1.29, 1.82) is 5.26 Å². The summed E-state index contributed by atoms with van der Waals surface area (Å²) in [5.74, 6) is -0.0374. The highest BCUT2D eigenvalue weighted by Gasteiger charge is 2.35. The van der Waals surface area contributed by atoms with Crippen molar-refractivity contribution in [3.8, 4) is 6.07 Å². The van der Waals surface area contributed by atoms with Gasteiger partial charge >= 0.3 is 0 Å². The number of hydrogen-bond donors (Lipinski definition) is 1. The number of nitrogens with one attached hydrogen (secondary N) is 1. The second-order valence-electron chi connectivity index (χ2n) is 3.63. The number of anilines is 1. The van der Waals surface area contributed by atoms with E-state index >= 15 is 0 Å². The van der Waals surface area contributed by atoms with E-state index in [4.69, 9.17) is 5.26 Å². The fourth-order valence-electron chi connectivity index (χ4n) is 2.02. The number of carbonyl (C=O) groups excluding carboxylic acids is 1. The molecule has 0 saturated carbocycles. The smallest absolute Gasteiger partial charge is 0.249 e.